The lowest BCUT2D eigenvalue weighted by molar-refractivity contribution is 0.360. The number of methoxy groups -OCH3 is 2. The molecule has 0 radical (unpaired) electrons. The van der Waals surface area contributed by atoms with Crippen LogP contribution in [0.4, 0.5) is 8.78 Å². The van der Waals surface area contributed by atoms with Crippen LogP contribution in [0.25, 0.3) is 22.2 Å². The van der Waals surface area contributed by atoms with Crippen molar-refractivity contribution in [2.75, 3.05) is 14.2 Å². The molecule has 0 unspecified atom stereocenters. The molecule has 0 aliphatic rings. The fraction of sp³-hybridized carbons (Fsp3) is 0.118. The summed E-state index contributed by atoms with van der Waals surface area (Å²) in [6.45, 7) is 0. The predicted molar refractivity (Wildman–Crippen MR) is 87.9 cm³/mol. The molecular weight excluding hydrogens is 368 g/mol. The molecular formula is C17H12BrF2NO2. The lowest BCUT2D eigenvalue weighted by Gasteiger charge is -2.09. The average Bonchev–Trinajstić information content (AvgIpc) is 2.54. The molecule has 0 N–H and O–H groups in total. The molecule has 0 bridgehead atoms. The predicted octanol–water partition coefficient (Wildman–Crippen LogP) is 4.96. The highest BCUT2D eigenvalue weighted by atomic mass is 79.9. The van der Waals surface area contributed by atoms with Crippen molar-refractivity contribution >= 4 is 26.8 Å². The summed E-state index contributed by atoms with van der Waals surface area (Å²) in [6.07, 6.45) is 0. The Morgan fingerprint density at radius 3 is 2.26 bits per heavy atom. The molecule has 6 heteroatoms. The van der Waals surface area contributed by atoms with Crippen molar-refractivity contribution < 1.29 is 18.3 Å². The van der Waals surface area contributed by atoms with E-state index in [1.165, 1.54) is 19.2 Å². The molecule has 2 aromatic carbocycles. The van der Waals surface area contributed by atoms with Gasteiger partial charge < -0.3 is 9.47 Å². The second-order valence-electron chi connectivity index (χ2n) is 4.85. The van der Waals surface area contributed by atoms with E-state index in [1.807, 2.05) is 6.07 Å². The smallest absolute Gasteiger partial charge is 0.190 e. The van der Waals surface area contributed by atoms with Crippen LogP contribution in [0.5, 0.6) is 11.5 Å². The molecule has 0 aliphatic heterocycles. The number of halogens is 3. The Labute approximate surface area is 140 Å². The molecule has 0 aliphatic carbocycles. The fourth-order valence-electron chi connectivity index (χ4n) is 2.34. The minimum Gasteiger partial charge on any atom is -0.497 e. The maximum absolute atomic E-state index is 13.9. The minimum atomic E-state index is -0.768. The Kier molecular flexibility index (Phi) is 4.17. The van der Waals surface area contributed by atoms with Crippen molar-refractivity contribution in [2.45, 2.75) is 0 Å². The summed E-state index contributed by atoms with van der Waals surface area (Å²) < 4.78 is 38.4. The van der Waals surface area contributed by atoms with Gasteiger partial charge >= 0.3 is 0 Å². The molecule has 3 rings (SSSR count). The van der Waals surface area contributed by atoms with Gasteiger partial charge in [-0.05, 0) is 36.4 Å². The summed E-state index contributed by atoms with van der Waals surface area (Å²) in [5.74, 6) is -1.24. The molecule has 0 fully saturated rings. The third-order valence-electron chi connectivity index (χ3n) is 3.46. The Hall–Kier alpha value is -2.21. The zero-order chi connectivity index (χ0) is 16.6. The van der Waals surface area contributed by atoms with Gasteiger partial charge in [-0.25, -0.2) is 13.8 Å². The van der Waals surface area contributed by atoms with E-state index in [-0.39, 0.29) is 0 Å². The third kappa shape index (κ3) is 2.86. The first-order valence-corrected chi connectivity index (χ1v) is 7.50. The number of pyridine rings is 1. The molecule has 0 saturated heterocycles. The van der Waals surface area contributed by atoms with E-state index < -0.39 is 17.4 Å². The maximum Gasteiger partial charge on any atom is 0.190 e. The van der Waals surface area contributed by atoms with Crippen LogP contribution >= 0.6 is 15.9 Å². The molecule has 1 heterocycles. The lowest BCUT2D eigenvalue weighted by atomic mass is 10.1. The Bertz CT molecular complexity index is 876. The van der Waals surface area contributed by atoms with Gasteiger partial charge in [0.15, 0.2) is 17.4 Å². The highest BCUT2D eigenvalue weighted by Gasteiger charge is 2.14. The summed E-state index contributed by atoms with van der Waals surface area (Å²) >= 11 is 3.47. The van der Waals surface area contributed by atoms with Crippen LogP contribution in [0, 0.1) is 11.6 Å². The van der Waals surface area contributed by atoms with Crippen molar-refractivity contribution in [3.63, 3.8) is 0 Å². The van der Waals surface area contributed by atoms with Gasteiger partial charge in [0.05, 0.1) is 25.4 Å². The van der Waals surface area contributed by atoms with Gasteiger partial charge in [0.1, 0.15) is 5.75 Å². The molecule has 118 valence electrons. The summed E-state index contributed by atoms with van der Waals surface area (Å²) in [7, 11) is 2.80. The molecule has 0 amide bonds. The first kappa shape index (κ1) is 15.7. The van der Waals surface area contributed by atoms with Crippen molar-refractivity contribution in [3.05, 3.63) is 52.5 Å². The topological polar surface area (TPSA) is 31.4 Å². The van der Waals surface area contributed by atoms with Crippen LogP contribution in [0.1, 0.15) is 0 Å². The zero-order valence-electron chi connectivity index (χ0n) is 12.4. The number of fused-ring (bicyclic) bond motifs is 1. The van der Waals surface area contributed by atoms with Gasteiger partial charge in [-0.2, -0.15) is 0 Å². The Balaban J connectivity index is 2.17. The number of ether oxygens (including phenoxy) is 2. The van der Waals surface area contributed by atoms with Gasteiger partial charge in [-0.15, -0.1) is 0 Å². The fourth-order valence-corrected chi connectivity index (χ4v) is 2.88. The van der Waals surface area contributed by atoms with Gasteiger partial charge in [-0.3, -0.25) is 0 Å². The van der Waals surface area contributed by atoms with Crippen molar-refractivity contribution in [1.29, 1.82) is 0 Å². The molecule has 0 atom stereocenters. The van der Waals surface area contributed by atoms with E-state index in [0.29, 0.717) is 22.5 Å². The molecule has 3 nitrogen and oxygen atoms in total. The quantitative estimate of drug-likeness (QED) is 0.644. The van der Waals surface area contributed by atoms with Gasteiger partial charge in [0, 0.05) is 15.4 Å². The van der Waals surface area contributed by atoms with E-state index in [9.17, 15) is 8.78 Å². The first-order valence-electron chi connectivity index (χ1n) is 6.71. The van der Waals surface area contributed by atoms with Crippen LogP contribution in [-0.4, -0.2) is 19.2 Å². The summed E-state index contributed by atoms with van der Waals surface area (Å²) in [5.41, 5.74) is 1.47. The zero-order valence-corrected chi connectivity index (χ0v) is 13.9. The first-order chi connectivity index (χ1) is 11.0. The van der Waals surface area contributed by atoms with Crippen molar-refractivity contribution in [3.8, 4) is 22.8 Å². The van der Waals surface area contributed by atoms with Crippen molar-refractivity contribution in [1.82, 2.24) is 4.98 Å². The van der Waals surface area contributed by atoms with E-state index in [0.717, 1.165) is 9.86 Å². The second-order valence-corrected chi connectivity index (χ2v) is 5.70. The molecule has 3 aromatic rings. The second kappa shape index (κ2) is 6.12. The van der Waals surface area contributed by atoms with E-state index in [2.05, 4.69) is 20.9 Å². The van der Waals surface area contributed by atoms with Crippen LogP contribution in [0.2, 0.25) is 0 Å². The van der Waals surface area contributed by atoms with Gasteiger partial charge in [0.25, 0.3) is 0 Å². The monoisotopic (exact) mass is 379 g/mol. The molecule has 0 saturated carbocycles. The Morgan fingerprint density at radius 2 is 1.65 bits per heavy atom. The molecule has 23 heavy (non-hydrogen) atoms. The van der Waals surface area contributed by atoms with E-state index in [1.54, 1.807) is 25.3 Å². The molecule has 1 aromatic heterocycles. The number of aromatic nitrogens is 1. The van der Waals surface area contributed by atoms with E-state index >= 15 is 0 Å². The molecule has 0 spiro atoms. The summed E-state index contributed by atoms with van der Waals surface area (Å²) in [4.78, 5) is 4.46. The summed E-state index contributed by atoms with van der Waals surface area (Å²) in [6, 6.07) is 9.52. The average molecular weight is 380 g/mol. The van der Waals surface area contributed by atoms with Crippen LogP contribution in [0.15, 0.2) is 40.9 Å². The normalized spacial score (nSPS) is 10.8. The lowest BCUT2D eigenvalue weighted by Crippen LogP contribution is -1.95. The SMILES string of the molecule is COc1ccc2nc(-c3cc(F)c(OC)c(F)c3)cc(Br)c2c1. The highest BCUT2D eigenvalue weighted by Crippen LogP contribution is 2.33. The third-order valence-corrected chi connectivity index (χ3v) is 4.12. The number of hydrogen-bond donors (Lipinski definition) is 0. The van der Waals surface area contributed by atoms with Crippen molar-refractivity contribution in [2.24, 2.45) is 0 Å². The Morgan fingerprint density at radius 1 is 0.957 bits per heavy atom. The van der Waals surface area contributed by atoms with Gasteiger partial charge in [-0.1, -0.05) is 15.9 Å². The minimum absolute atomic E-state index is 0.333. The maximum atomic E-state index is 13.9. The largest absolute Gasteiger partial charge is 0.497 e. The number of benzene rings is 2. The number of nitrogens with zero attached hydrogens (tertiary/aromatic N) is 1. The van der Waals surface area contributed by atoms with Crippen LogP contribution in [-0.2, 0) is 0 Å². The van der Waals surface area contributed by atoms with E-state index in [4.69, 9.17) is 9.47 Å². The number of hydrogen-bond acceptors (Lipinski definition) is 3. The van der Waals surface area contributed by atoms with Crippen LogP contribution < -0.4 is 9.47 Å². The standard InChI is InChI=1S/C17H12BrF2NO2/c1-22-10-3-4-15-11(7-10)12(18)8-16(21-15)9-5-13(19)17(23-2)14(20)6-9/h3-8H,1-2H3. The summed E-state index contributed by atoms with van der Waals surface area (Å²) in [5, 5.41) is 0.850. The van der Waals surface area contributed by atoms with Gasteiger partial charge in [0.2, 0.25) is 0 Å². The van der Waals surface area contributed by atoms with Crippen LogP contribution in [0.3, 0.4) is 0 Å². The number of rotatable bonds is 3. The highest BCUT2D eigenvalue weighted by molar-refractivity contribution is 9.10.